The summed E-state index contributed by atoms with van der Waals surface area (Å²) in [7, 11) is -3.90. The highest BCUT2D eigenvalue weighted by Gasteiger charge is 2.23. The molecule has 0 fully saturated rings. The number of aryl methyl sites for hydroxylation is 1. The Morgan fingerprint density at radius 1 is 0.976 bits per heavy atom. The summed E-state index contributed by atoms with van der Waals surface area (Å²) in [6.45, 7) is 5.24. The van der Waals surface area contributed by atoms with Crippen molar-refractivity contribution in [3.63, 3.8) is 0 Å². The van der Waals surface area contributed by atoms with Gasteiger partial charge in [-0.15, -0.1) is 0 Å². The summed E-state index contributed by atoms with van der Waals surface area (Å²) in [5.74, 6) is 0.219. The van der Waals surface area contributed by atoms with Crippen molar-refractivity contribution in [2.45, 2.75) is 51.2 Å². The lowest BCUT2D eigenvalue weighted by Gasteiger charge is -2.20. The average molecular weight is 594 g/mol. The molecule has 2 heterocycles. The fourth-order valence-corrected chi connectivity index (χ4v) is 5.63. The normalized spacial score (nSPS) is 12.3. The molecule has 222 valence electrons. The number of rotatable bonds is 13. The van der Waals surface area contributed by atoms with Gasteiger partial charge in [0.25, 0.3) is 0 Å². The van der Waals surface area contributed by atoms with E-state index in [2.05, 4.69) is 25.0 Å². The number of aromatic nitrogens is 3. The Morgan fingerprint density at radius 2 is 1.71 bits per heavy atom. The van der Waals surface area contributed by atoms with Gasteiger partial charge in [-0.1, -0.05) is 56.3 Å². The standard InChI is InChI=1S/C30H35N5O6S/c1-20(2)15-24(19-40-28(36)17-32-30(37)41-18-23-7-5-4-6-8-23)35-42(38,39)25-11-9-22(10-12-25)16-27-29-26(13-14-31-27)33-21(3)34-29/h4-14,20,24,35H,15-19H2,1-3H3,(H,32,37)(H,33,34)/t24-/m0/s1. The minimum Gasteiger partial charge on any atom is -0.463 e. The van der Waals surface area contributed by atoms with Crippen molar-refractivity contribution in [3.8, 4) is 0 Å². The van der Waals surface area contributed by atoms with Crippen molar-refractivity contribution in [3.05, 3.63) is 89.5 Å². The van der Waals surface area contributed by atoms with Crippen LogP contribution < -0.4 is 10.0 Å². The lowest BCUT2D eigenvalue weighted by molar-refractivity contribution is -0.143. The summed E-state index contributed by atoms with van der Waals surface area (Å²) in [5, 5.41) is 2.34. The number of H-pyrrole nitrogens is 1. The molecule has 0 aliphatic carbocycles. The molecule has 0 unspecified atom stereocenters. The molecule has 12 heteroatoms. The number of imidazole rings is 1. The number of esters is 1. The van der Waals surface area contributed by atoms with Gasteiger partial charge in [-0.25, -0.2) is 22.9 Å². The highest BCUT2D eigenvalue weighted by Crippen LogP contribution is 2.19. The van der Waals surface area contributed by atoms with E-state index < -0.39 is 34.7 Å². The fourth-order valence-electron chi connectivity index (χ4n) is 4.39. The summed E-state index contributed by atoms with van der Waals surface area (Å²) in [5.41, 5.74) is 4.18. The van der Waals surface area contributed by atoms with Crippen LogP contribution in [0.1, 0.15) is 42.9 Å². The van der Waals surface area contributed by atoms with Crippen LogP contribution >= 0.6 is 0 Å². The Balaban J connectivity index is 1.30. The third-order valence-corrected chi connectivity index (χ3v) is 7.85. The number of sulfonamides is 1. The zero-order valence-electron chi connectivity index (χ0n) is 23.8. The second-order valence-electron chi connectivity index (χ2n) is 10.3. The van der Waals surface area contributed by atoms with Crippen LogP contribution in [0.5, 0.6) is 0 Å². The topological polar surface area (TPSA) is 152 Å². The number of aromatic amines is 1. The maximum atomic E-state index is 13.2. The van der Waals surface area contributed by atoms with E-state index >= 15 is 0 Å². The number of carbonyl (C=O) groups excluding carboxylic acids is 2. The van der Waals surface area contributed by atoms with E-state index in [0.717, 1.165) is 33.7 Å². The second kappa shape index (κ2) is 14.1. The zero-order valence-corrected chi connectivity index (χ0v) is 24.6. The molecule has 0 bridgehead atoms. The van der Waals surface area contributed by atoms with Gasteiger partial charge in [-0.05, 0) is 48.6 Å². The maximum Gasteiger partial charge on any atom is 0.407 e. The number of ether oxygens (including phenoxy) is 2. The van der Waals surface area contributed by atoms with Crippen LogP contribution in [-0.2, 0) is 37.3 Å². The molecule has 0 saturated carbocycles. The summed E-state index contributed by atoms with van der Waals surface area (Å²) in [4.78, 5) is 36.4. The first-order valence-electron chi connectivity index (χ1n) is 13.6. The van der Waals surface area contributed by atoms with Gasteiger partial charge in [-0.2, -0.15) is 0 Å². The number of fused-ring (bicyclic) bond motifs is 1. The van der Waals surface area contributed by atoms with Gasteiger partial charge < -0.3 is 19.8 Å². The van der Waals surface area contributed by atoms with E-state index in [4.69, 9.17) is 9.47 Å². The van der Waals surface area contributed by atoms with Crippen LogP contribution in [0.2, 0.25) is 0 Å². The molecule has 1 atom stereocenters. The molecule has 11 nitrogen and oxygen atoms in total. The van der Waals surface area contributed by atoms with Crippen molar-refractivity contribution >= 4 is 33.1 Å². The van der Waals surface area contributed by atoms with E-state index in [1.807, 2.05) is 57.2 Å². The molecule has 4 rings (SSSR count). The van der Waals surface area contributed by atoms with Crippen LogP contribution in [0.25, 0.3) is 11.0 Å². The van der Waals surface area contributed by atoms with E-state index in [0.29, 0.717) is 12.8 Å². The number of alkyl carbamates (subject to hydrolysis) is 1. The number of nitrogens with one attached hydrogen (secondary N) is 3. The number of hydrogen-bond donors (Lipinski definition) is 3. The summed E-state index contributed by atoms with van der Waals surface area (Å²) >= 11 is 0. The van der Waals surface area contributed by atoms with Gasteiger partial charge >= 0.3 is 12.1 Å². The molecule has 0 spiro atoms. The Kier molecular flexibility index (Phi) is 10.3. The first-order valence-corrected chi connectivity index (χ1v) is 15.1. The van der Waals surface area contributed by atoms with Crippen molar-refractivity contribution in [1.82, 2.24) is 25.0 Å². The van der Waals surface area contributed by atoms with Gasteiger partial charge in [0.15, 0.2) is 0 Å². The fraction of sp³-hybridized carbons (Fsp3) is 0.333. The maximum absolute atomic E-state index is 13.2. The monoisotopic (exact) mass is 593 g/mol. The highest BCUT2D eigenvalue weighted by molar-refractivity contribution is 7.89. The minimum atomic E-state index is -3.90. The van der Waals surface area contributed by atoms with Gasteiger partial charge in [0.1, 0.15) is 31.1 Å². The number of nitrogens with zero attached hydrogens (tertiary/aromatic N) is 2. The summed E-state index contributed by atoms with van der Waals surface area (Å²) in [6, 6.07) is 16.9. The molecule has 2 aromatic carbocycles. The zero-order chi connectivity index (χ0) is 30.1. The first-order chi connectivity index (χ1) is 20.1. The van der Waals surface area contributed by atoms with Crippen LogP contribution in [0.3, 0.4) is 0 Å². The minimum absolute atomic E-state index is 0.0672. The molecule has 0 aliphatic rings. The SMILES string of the molecule is Cc1nc2c(Cc3ccc(S(=O)(=O)N[C@H](COC(=O)CNC(=O)OCc4ccccc4)CC(C)C)cc3)nccc2[nH]1. The number of amides is 1. The van der Waals surface area contributed by atoms with Crippen LogP contribution in [0.15, 0.2) is 71.8 Å². The van der Waals surface area contributed by atoms with Crippen LogP contribution in [0, 0.1) is 12.8 Å². The van der Waals surface area contributed by atoms with Crippen molar-refractivity contribution < 1.29 is 27.5 Å². The molecule has 42 heavy (non-hydrogen) atoms. The lowest BCUT2D eigenvalue weighted by Crippen LogP contribution is -2.40. The smallest absolute Gasteiger partial charge is 0.407 e. The van der Waals surface area contributed by atoms with Crippen LogP contribution in [0.4, 0.5) is 4.79 Å². The Bertz CT molecular complexity index is 1600. The predicted molar refractivity (Wildman–Crippen MR) is 157 cm³/mol. The van der Waals surface area contributed by atoms with E-state index in [9.17, 15) is 18.0 Å². The Morgan fingerprint density at radius 3 is 2.43 bits per heavy atom. The largest absolute Gasteiger partial charge is 0.463 e. The third-order valence-electron chi connectivity index (χ3n) is 6.31. The number of carbonyl (C=O) groups is 2. The van der Waals surface area contributed by atoms with E-state index in [1.165, 1.54) is 12.1 Å². The predicted octanol–water partition coefficient (Wildman–Crippen LogP) is 4.02. The molecule has 0 aliphatic heterocycles. The number of pyridine rings is 1. The van der Waals surface area contributed by atoms with Crippen LogP contribution in [-0.4, -0.2) is 54.6 Å². The molecule has 2 aromatic heterocycles. The summed E-state index contributed by atoms with van der Waals surface area (Å²) < 4.78 is 39.3. The van der Waals surface area contributed by atoms with Gasteiger partial charge in [-0.3, -0.25) is 9.78 Å². The van der Waals surface area contributed by atoms with Crippen molar-refractivity contribution in [2.75, 3.05) is 13.2 Å². The Hall–Kier alpha value is -4.29. The van der Waals surface area contributed by atoms with Crippen molar-refractivity contribution in [2.24, 2.45) is 5.92 Å². The quantitative estimate of drug-likeness (QED) is 0.197. The van der Waals surface area contributed by atoms with Gasteiger partial charge in [0, 0.05) is 12.6 Å². The molecular formula is C30H35N5O6S. The molecule has 0 radical (unpaired) electrons. The molecule has 4 aromatic rings. The first kappa shape index (κ1) is 30.7. The average Bonchev–Trinajstić information content (AvgIpc) is 3.35. The molecule has 0 saturated heterocycles. The van der Waals surface area contributed by atoms with Crippen molar-refractivity contribution in [1.29, 1.82) is 0 Å². The molecule has 1 amide bonds. The van der Waals surface area contributed by atoms with Gasteiger partial charge in [0.05, 0.1) is 22.1 Å². The Labute approximate surface area is 245 Å². The molecule has 3 N–H and O–H groups in total. The second-order valence-corrected chi connectivity index (χ2v) is 12.1. The molecular weight excluding hydrogens is 558 g/mol. The highest BCUT2D eigenvalue weighted by atomic mass is 32.2. The summed E-state index contributed by atoms with van der Waals surface area (Å²) in [6.07, 6.45) is 1.89. The third kappa shape index (κ3) is 8.85. The van der Waals surface area contributed by atoms with E-state index in [-0.39, 0.29) is 24.0 Å². The van der Waals surface area contributed by atoms with Gasteiger partial charge in [0.2, 0.25) is 10.0 Å². The number of benzene rings is 2. The lowest BCUT2D eigenvalue weighted by atomic mass is 10.1. The van der Waals surface area contributed by atoms with E-state index in [1.54, 1.807) is 18.3 Å². The number of hydrogen-bond acceptors (Lipinski definition) is 8.